The lowest BCUT2D eigenvalue weighted by Crippen LogP contribution is -2.65. The molecule has 17 heavy (non-hydrogen) atoms. The molecule has 90 valence electrons. The number of nitrogens with zero attached hydrogens (tertiary/aromatic N) is 2. The summed E-state index contributed by atoms with van der Waals surface area (Å²) in [5.41, 5.74) is -0.733. The van der Waals surface area contributed by atoms with Gasteiger partial charge in [-0.2, -0.15) is 5.10 Å². The lowest BCUT2D eigenvalue weighted by atomic mass is 9.98. The number of hydrogen-bond donors (Lipinski definition) is 2. The number of nitrogens with one attached hydrogen (secondary N) is 2. The Morgan fingerprint density at radius 3 is 2.76 bits per heavy atom. The number of aromatic amines is 1. The number of piperazine rings is 1. The van der Waals surface area contributed by atoms with Crippen LogP contribution >= 0.6 is 0 Å². The fourth-order valence-corrected chi connectivity index (χ4v) is 1.63. The number of carbonyl (C=O) groups is 3. The number of amides is 3. The van der Waals surface area contributed by atoms with Crippen LogP contribution in [-0.4, -0.2) is 44.9 Å². The third-order valence-electron chi connectivity index (χ3n) is 2.78. The van der Waals surface area contributed by atoms with Crippen molar-refractivity contribution in [2.45, 2.75) is 19.4 Å². The SMILES string of the molecule is CC1(C)C(=O)NC(=O)CN1C(=O)c1cn[nH]c1. The van der Waals surface area contributed by atoms with Crippen molar-refractivity contribution in [1.82, 2.24) is 20.4 Å². The summed E-state index contributed by atoms with van der Waals surface area (Å²) in [5.74, 6) is -1.36. The maximum atomic E-state index is 12.1. The Hall–Kier alpha value is -2.18. The van der Waals surface area contributed by atoms with Crippen molar-refractivity contribution in [3.8, 4) is 0 Å². The molecule has 0 spiro atoms. The van der Waals surface area contributed by atoms with E-state index in [0.717, 1.165) is 0 Å². The summed E-state index contributed by atoms with van der Waals surface area (Å²) in [6.45, 7) is 3.04. The maximum absolute atomic E-state index is 12.1. The molecule has 1 aliphatic rings. The van der Waals surface area contributed by atoms with Crippen molar-refractivity contribution in [2.24, 2.45) is 0 Å². The highest BCUT2D eigenvalue weighted by atomic mass is 16.2. The Balaban J connectivity index is 2.33. The molecular weight excluding hydrogens is 224 g/mol. The van der Waals surface area contributed by atoms with Crippen LogP contribution in [0.4, 0.5) is 0 Å². The van der Waals surface area contributed by atoms with Gasteiger partial charge in [-0.25, -0.2) is 0 Å². The van der Waals surface area contributed by atoms with E-state index in [9.17, 15) is 14.4 Å². The fourth-order valence-electron chi connectivity index (χ4n) is 1.63. The van der Waals surface area contributed by atoms with E-state index in [1.807, 2.05) is 0 Å². The quantitative estimate of drug-likeness (QED) is 0.629. The zero-order valence-corrected chi connectivity index (χ0v) is 9.48. The van der Waals surface area contributed by atoms with Crippen LogP contribution in [0.25, 0.3) is 0 Å². The summed E-state index contributed by atoms with van der Waals surface area (Å²) in [6, 6.07) is 0. The highest BCUT2D eigenvalue weighted by Crippen LogP contribution is 2.20. The van der Waals surface area contributed by atoms with Gasteiger partial charge in [-0.05, 0) is 13.8 Å². The van der Waals surface area contributed by atoms with Crippen molar-refractivity contribution < 1.29 is 14.4 Å². The van der Waals surface area contributed by atoms with Gasteiger partial charge >= 0.3 is 0 Å². The first-order valence-electron chi connectivity index (χ1n) is 5.08. The average Bonchev–Trinajstić information content (AvgIpc) is 2.76. The monoisotopic (exact) mass is 236 g/mol. The molecule has 1 aromatic rings. The number of H-pyrrole nitrogens is 1. The lowest BCUT2D eigenvalue weighted by molar-refractivity contribution is -0.143. The minimum absolute atomic E-state index is 0.136. The lowest BCUT2D eigenvalue weighted by Gasteiger charge is -2.39. The molecule has 1 fully saturated rings. The van der Waals surface area contributed by atoms with Crippen molar-refractivity contribution in [3.63, 3.8) is 0 Å². The van der Waals surface area contributed by atoms with Crippen LogP contribution in [0.15, 0.2) is 12.4 Å². The Morgan fingerprint density at radius 2 is 2.18 bits per heavy atom. The number of carbonyl (C=O) groups excluding carboxylic acids is 3. The average molecular weight is 236 g/mol. The van der Waals surface area contributed by atoms with Crippen molar-refractivity contribution in [3.05, 3.63) is 18.0 Å². The highest BCUT2D eigenvalue weighted by molar-refractivity contribution is 6.08. The first kappa shape index (κ1) is 11.3. The van der Waals surface area contributed by atoms with Gasteiger partial charge < -0.3 is 4.90 Å². The van der Waals surface area contributed by atoms with Crippen LogP contribution < -0.4 is 5.32 Å². The minimum Gasteiger partial charge on any atom is -0.315 e. The molecule has 0 aromatic carbocycles. The van der Waals surface area contributed by atoms with E-state index in [1.54, 1.807) is 13.8 Å². The number of rotatable bonds is 1. The molecule has 0 bridgehead atoms. The van der Waals surface area contributed by atoms with Crippen LogP contribution in [-0.2, 0) is 9.59 Å². The predicted molar refractivity (Wildman–Crippen MR) is 56.9 cm³/mol. The van der Waals surface area contributed by atoms with Crippen molar-refractivity contribution >= 4 is 17.7 Å². The first-order valence-corrected chi connectivity index (χ1v) is 5.08. The summed E-state index contributed by atoms with van der Waals surface area (Å²) in [6.07, 6.45) is 2.78. The van der Waals surface area contributed by atoms with Gasteiger partial charge in [0.2, 0.25) is 5.91 Å². The molecule has 2 N–H and O–H groups in total. The second kappa shape index (κ2) is 3.69. The predicted octanol–water partition coefficient (Wildman–Crippen LogP) is -0.713. The molecule has 7 heteroatoms. The van der Waals surface area contributed by atoms with Crippen LogP contribution in [0.1, 0.15) is 24.2 Å². The Kier molecular flexibility index (Phi) is 2.45. The van der Waals surface area contributed by atoms with Crippen LogP contribution in [0, 0.1) is 0 Å². The van der Waals surface area contributed by atoms with Gasteiger partial charge in [0.25, 0.3) is 11.8 Å². The summed E-state index contributed by atoms with van der Waals surface area (Å²) >= 11 is 0. The third kappa shape index (κ3) is 1.79. The molecule has 1 aromatic heterocycles. The van der Waals surface area contributed by atoms with Crippen LogP contribution in [0.3, 0.4) is 0 Å². The van der Waals surface area contributed by atoms with Crippen molar-refractivity contribution in [1.29, 1.82) is 0 Å². The Labute approximate surface area is 97.2 Å². The summed E-state index contributed by atoms with van der Waals surface area (Å²) in [5, 5.41) is 8.39. The van der Waals surface area contributed by atoms with Gasteiger partial charge in [-0.1, -0.05) is 0 Å². The minimum atomic E-state index is -1.05. The van der Waals surface area contributed by atoms with Gasteiger partial charge in [0, 0.05) is 6.20 Å². The molecule has 1 saturated heterocycles. The van der Waals surface area contributed by atoms with Gasteiger partial charge in [0.05, 0.1) is 11.8 Å². The zero-order valence-electron chi connectivity index (χ0n) is 9.48. The van der Waals surface area contributed by atoms with Gasteiger partial charge in [-0.15, -0.1) is 0 Å². The zero-order chi connectivity index (χ0) is 12.6. The largest absolute Gasteiger partial charge is 0.315 e. The number of imide groups is 1. The summed E-state index contributed by atoms with van der Waals surface area (Å²) in [7, 11) is 0. The van der Waals surface area contributed by atoms with E-state index in [-0.39, 0.29) is 6.54 Å². The maximum Gasteiger partial charge on any atom is 0.258 e. The molecule has 7 nitrogen and oxygen atoms in total. The molecule has 0 aliphatic carbocycles. The highest BCUT2D eigenvalue weighted by Gasteiger charge is 2.43. The second-order valence-electron chi connectivity index (χ2n) is 4.31. The number of hydrogen-bond acceptors (Lipinski definition) is 4. The molecule has 3 amide bonds. The van der Waals surface area contributed by atoms with Crippen LogP contribution in [0.5, 0.6) is 0 Å². The standard InChI is InChI=1S/C10H12N4O3/c1-10(2)9(17)13-7(15)5-14(10)8(16)6-3-11-12-4-6/h3-4H,5H2,1-2H3,(H,11,12)(H,13,15,17). The molecule has 0 saturated carbocycles. The molecule has 2 heterocycles. The fraction of sp³-hybridized carbons (Fsp3) is 0.400. The summed E-state index contributed by atoms with van der Waals surface area (Å²) < 4.78 is 0. The molecular formula is C10H12N4O3. The molecule has 0 atom stereocenters. The Bertz CT molecular complexity index is 478. The first-order chi connectivity index (χ1) is 7.93. The Morgan fingerprint density at radius 1 is 1.47 bits per heavy atom. The van der Waals surface area contributed by atoms with Gasteiger partial charge in [0.1, 0.15) is 12.1 Å². The molecule has 2 rings (SSSR count). The third-order valence-corrected chi connectivity index (χ3v) is 2.78. The molecule has 1 aliphatic heterocycles. The number of aromatic nitrogens is 2. The van der Waals surface area contributed by atoms with Gasteiger partial charge in [-0.3, -0.25) is 24.8 Å². The van der Waals surface area contributed by atoms with E-state index < -0.39 is 23.3 Å². The van der Waals surface area contributed by atoms with E-state index in [4.69, 9.17) is 0 Å². The van der Waals surface area contributed by atoms with E-state index in [2.05, 4.69) is 15.5 Å². The summed E-state index contributed by atoms with van der Waals surface area (Å²) in [4.78, 5) is 36.3. The van der Waals surface area contributed by atoms with E-state index in [0.29, 0.717) is 5.56 Å². The van der Waals surface area contributed by atoms with Crippen LogP contribution in [0.2, 0.25) is 0 Å². The smallest absolute Gasteiger partial charge is 0.258 e. The van der Waals surface area contributed by atoms with Crippen molar-refractivity contribution in [2.75, 3.05) is 6.54 Å². The van der Waals surface area contributed by atoms with E-state index in [1.165, 1.54) is 17.3 Å². The molecule has 0 unspecified atom stereocenters. The van der Waals surface area contributed by atoms with E-state index >= 15 is 0 Å². The molecule has 0 radical (unpaired) electrons. The topological polar surface area (TPSA) is 95.2 Å². The normalized spacial score (nSPS) is 19.1. The van der Waals surface area contributed by atoms with Gasteiger partial charge in [0.15, 0.2) is 0 Å². The second-order valence-corrected chi connectivity index (χ2v) is 4.31.